The molecule has 0 atom stereocenters. The van der Waals surface area contributed by atoms with Crippen LogP contribution in [0.1, 0.15) is 30.7 Å². The first kappa shape index (κ1) is 18.5. The topological polar surface area (TPSA) is 57.8 Å². The Balaban J connectivity index is 2.11. The number of rotatable bonds is 5. The SMILES string of the molecule is Cc1c(/C=C(/C#N)C(=O)NC(C)C)c2ccccc2n1Cc1ccccc1. The summed E-state index contributed by atoms with van der Waals surface area (Å²) in [4.78, 5) is 12.3. The maximum absolute atomic E-state index is 12.3. The summed E-state index contributed by atoms with van der Waals surface area (Å²) in [6.07, 6.45) is 1.71. The standard InChI is InChI=1S/C23H23N3O/c1-16(2)25-23(27)19(14-24)13-21-17(3)26(15-18-9-5-4-6-10-18)22-12-8-7-11-20(21)22/h4-13,16H,15H2,1-3H3,(H,25,27)/b19-13-. The summed E-state index contributed by atoms with van der Waals surface area (Å²) in [5.74, 6) is -0.341. The van der Waals surface area contributed by atoms with Crippen molar-refractivity contribution in [2.24, 2.45) is 0 Å². The summed E-state index contributed by atoms with van der Waals surface area (Å²) >= 11 is 0. The third-order valence-electron chi connectivity index (χ3n) is 4.54. The maximum Gasteiger partial charge on any atom is 0.262 e. The lowest BCUT2D eigenvalue weighted by atomic mass is 10.1. The van der Waals surface area contributed by atoms with E-state index in [1.807, 2.05) is 63.2 Å². The van der Waals surface area contributed by atoms with Crippen LogP contribution in [0.3, 0.4) is 0 Å². The van der Waals surface area contributed by atoms with Crippen molar-refractivity contribution in [3.05, 3.63) is 77.0 Å². The van der Waals surface area contributed by atoms with Gasteiger partial charge in [-0.2, -0.15) is 5.26 Å². The van der Waals surface area contributed by atoms with Gasteiger partial charge >= 0.3 is 0 Å². The number of carbonyl (C=O) groups excluding carboxylic acids is 1. The van der Waals surface area contributed by atoms with Gasteiger partial charge in [0, 0.05) is 34.7 Å². The minimum Gasteiger partial charge on any atom is -0.349 e. The molecular weight excluding hydrogens is 334 g/mol. The number of nitrogens with zero attached hydrogens (tertiary/aromatic N) is 2. The Hall–Kier alpha value is -3.32. The summed E-state index contributed by atoms with van der Waals surface area (Å²) < 4.78 is 2.23. The van der Waals surface area contributed by atoms with Crippen LogP contribution in [-0.2, 0) is 11.3 Å². The van der Waals surface area contributed by atoms with Crippen LogP contribution in [0.25, 0.3) is 17.0 Å². The largest absolute Gasteiger partial charge is 0.349 e. The van der Waals surface area contributed by atoms with Gasteiger partial charge < -0.3 is 9.88 Å². The highest BCUT2D eigenvalue weighted by molar-refractivity contribution is 6.04. The molecule has 0 saturated heterocycles. The predicted octanol–water partition coefficient (Wildman–Crippen LogP) is 4.43. The van der Waals surface area contributed by atoms with Crippen LogP contribution in [-0.4, -0.2) is 16.5 Å². The highest BCUT2D eigenvalue weighted by atomic mass is 16.1. The van der Waals surface area contributed by atoms with Crippen molar-refractivity contribution in [1.82, 2.24) is 9.88 Å². The molecule has 0 aliphatic carbocycles. The molecule has 3 rings (SSSR count). The molecule has 1 amide bonds. The average molecular weight is 357 g/mol. The zero-order chi connectivity index (χ0) is 19.4. The fraction of sp³-hybridized carbons (Fsp3) is 0.217. The maximum atomic E-state index is 12.3. The Kier molecular flexibility index (Phi) is 5.42. The Bertz CT molecular complexity index is 1040. The van der Waals surface area contributed by atoms with Gasteiger partial charge in [-0.05, 0) is 38.5 Å². The molecule has 0 aliphatic rings. The van der Waals surface area contributed by atoms with Crippen molar-refractivity contribution in [2.75, 3.05) is 0 Å². The minimum absolute atomic E-state index is 0.0187. The second-order valence-corrected chi connectivity index (χ2v) is 6.89. The van der Waals surface area contributed by atoms with Crippen LogP contribution < -0.4 is 5.32 Å². The molecule has 2 aromatic carbocycles. The van der Waals surface area contributed by atoms with Gasteiger partial charge in [-0.3, -0.25) is 4.79 Å². The Labute approximate surface area is 159 Å². The second-order valence-electron chi connectivity index (χ2n) is 6.89. The van der Waals surface area contributed by atoms with Crippen LogP contribution in [0, 0.1) is 18.3 Å². The van der Waals surface area contributed by atoms with Gasteiger partial charge in [-0.15, -0.1) is 0 Å². The Morgan fingerprint density at radius 3 is 2.48 bits per heavy atom. The van der Waals surface area contributed by atoms with Crippen molar-refractivity contribution in [3.63, 3.8) is 0 Å². The molecule has 0 aliphatic heterocycles. The molecule has 1 N–H and O–H groups in total. The van der Waals surface area contributed by atoms with Gasteiger partial charge in [0.25, 0.3) is 5.91 Å². The zero-order valence-electron chi connectivity index (χ0n) is 15.9. The fourth-order valence-electron chi connectivity index (χ4n) is 3.24. The zero-order valence-corrected chi connectivity index (χ0v) is 15.9. The van der Waals surface area contributed by atoms with Gasteiger partial charge in [0.15, 0.2) is 0 Å². The van der Waals surface area contributed by atoms with E-state index in [0.717, 1.165) is 28.7 Å². The van der Waals surface area contributed by atoms with Crippen molar-refractivity contribution in [1.29, 1.82) is 5.26 Å². The molecule has 136 valence electrons. The molecule has 3 aromatic rings. The molecular formula is C23H23N3O. The summed E-state index contributed by atoms with van der Waals surface area (Å²) in [5.41, 5.74) is 4.36. The normalized spacial score (nSPS) is 11.6. The number of aromatic nitrogens is 1. The lowest BCUT2D eigenvalue weighted by Gasteiger charge is -2.09. The Morgan fingerprint density at radius 2 is 1.81 bits per heavy atom. The third-order valence-corrected chi connectivity index (χ3v) is 4.54. The summed E-state index contributed by atoms with van der Waals surface area (Å²) in [5, 5.41) is 13.3. The van der Waals surface area contributed by atoms with E-state index in [2.05, 4.69) is 28.1 Å². The van der Waals surface area contributed by atoms with E-state index in [9.17, 15) is 10.1 Å². The molecule has 4 nitrogen and oxygen atoms in total. The first-order valence-corrected chi connectivity index (χ1v) is 9.05. The summed E-state index contributed by atoms with van der Waals surface area (Å²) in [7, 11) is 0. The Morgan fingerprint density at radius 1 is 1.15 bits per heavy atom. The van der Waals surface area contributed by atoms with Crippen molar-refractivity contribution < 1.29 is 4.79 Å². The highest BCUT2D eigenvalue weighted by Crippen LogP contribution is 2.28. The lowest BCUT2D eigenvalue weighted by molar-refractivity contribution is -0.117. The first-order chi connectivity index (χ1) is 13.0. The number of carbonyl (C=O) groups is 1. The summed E-state index contributed by atoms with van der Waals surface area (Å²) in [6.45, 7) is 6.53. The molecule has 4 heteroatoms. The number of hydrogen-bond acceptors (Lipinski definition) is 2. The lowest BCUT2D eigenvalue weighted by Crippen LogP contribution is -2.30. The van der Waals surface area contributed by atoms with Gasteiger partial charge in [0.1, 0.15) is 11.6 Å². The van der Waals surface area contributed by atoms with Crippen molar-refractivity contribution in [3.8, 4) is 6.07 Å². The smallest absolute Gasteiger partial charge is 0.262 e. The van der Waals surface area contributed by atoms with Gasteiger partial charge in [-0.1, -0.05) is 48.5 Å². The van der Waals surface area contributed by atoms with E-state index in [0.29, 0.717) is 0 Å². The minimum atomic E-state index is -0.341. The predicted molar refractivity (Wildman–Crippen MR) is 109 cm³/mol. The molecule has 0 spiro atoms. The highest BCUT2D eigenvalue weighted by Gasteiger charge is 2.16. The van der Waals surface area contributed by atoms with Crippen molar-refractivity contribution >= 4 is 22.9 Å². The van der Waals surface area contributed by atoms with Crippen LogP contribution >= 0.6 is 0 Å². The molecule has 1 heterocycles. The van der Waals surface area contributed by atoms with Gasteiger partial charge in [0.2, 0.25) is 0 Å². The average Bonchev–Trinajstić information content (AvgIpc) is 2.91. The van der Waals surface area contributed by atoms with E-state index in [1.165, 1.54) is 5.56 Å². The number of nitrogens with one attached hydrogen (secondary N) is 1. The number of amides is 1. The number of hydrogen-bond donors (Lipinski definition) is 1. The quantitative estimate of drug-likeness (QED) is 0.542. The van der Waals surface area contributed by atoms with E-state index in [1.54, 1.807) is 6.08 Å². The van der Waals surface area contributed by atoms with Crippen LogP contribution in [0.2, 0.25) is 0 Å². The molecule has 0 saturated carbocycles. The fourth-order valence-corrected chi connectivity index (χ4v) is 3.24. The van der Waals surface area contributed by atoms with E-state index >= 15 is 0 Å². The molecule has 0 radical (unpaired) electrons. The monoisotopic (exact) mass is 357 g/mol. The van der Waals surface area contributed by atoms with Crippen LogP contribution in [0.5, 0.6) is 0 Å². The van der Waals surface area contributed by atoms with Crippen LogP contribution in [0.4, 0.5) is 0 Å². The number of benzene rings is 2. The van der Waals surface area contributed by atoms with Crippen molar-refractivity contribution in [2.45, 2.75) is 33.4 Å². The number of fused-ring (bicyclic) bond motifs is 1. The molecule has 0 bridgehead atoms. The summed E-state index contributed by atoms with van der Waals surface area (Å²) in [6, 6.07) is 20.4. The second kappa shape index (κ2) is 7.92. The molecule has 0 unspecified atom stereocenters. The van der Waals surface area contributed by atoms with Crippen LogP contribution in [0.15, 0.2) is 60.2 Å². The molecule has 27 heavy (non-hydrogen) atoms. The molecule has 1 aromatic heterocycles. The number of nitriles is 1. The van der Waals surface area contributed by atoms with E-state index in [4.69, 9.17) is 0 Å². The first-order valence-electron chi connectivity index (χ1n) is 9.05. The third kappa shape index (κ3) is 3.93. The van der Waals surface area contributed by atoms with E-state index < -0.39 is 0 Å². The number of para-hydroxylation sites is 1. The molecule has 0 fully saturated rings. The van der Waals surface area contributed by atoms with Gasteiger partial charge in [-0.25, -0.2) is 0 Å². The van der Waals surface area contributed by atoms with Gasteiger partial charge in [0.05, 0.1) is 0 Å². The van der Waals surface area contributed by atoms with E-state index in [-0.39, 0.29) is 17.5 Å².